The molecule has 0 spiro atoms. The van der Waals surface area contributed by atoms with Crippen LogP contribution in [0.4, 0.5) is 0 Å². The third-order valence-corrected chi connectivity index (χ3v) is 2.51. The van der Waals surface area contributed by atoms with Crippen molar-refractivity contribution in [1.29, 1.82) is 0 Å². The number of hydrogen-bond donors (Lipinski definition) is 2. The third kappa shape index (κ3) is 5.47. The maximum atomic E-state index is 12.0. The van der Waals surface area contributed by atoms with Gasteiger partial charge in [0.25, 0.3) is 0 Å². The van der Waals surface area contributed by atoms with Crippen LogP contribution in [0.1, 0.15) is 40.5 Å². The summed E-state index contributed by atoms with van der Waals surface area (Å²) in [6.07, 6.45) is 1.32. The molecular weight excluding hydrogens is 204 g/mol. The Kier molecular flexibility index (Phi) is 7.34. The van der Waals surface area contributed by atoms with Crippen molar-refractivity contribution in [2.75, 3.05) is 13.2 Å². The van der Waals surface area contributed by atoms with E-state index in [2.05, 4.69) is 13.8 Å². The molecular formula is C12H26N2O2. The van der Waals surface area contributed by atoms with E-state index in [9.17, 15) is 4.79 Å². The molecule has 4 nitrogen and oxygen atoms in total. The molecule has 96 valence electrons. The zero-order valence-corrected chi connectivity index (χ0v) is 10.9. The van der Waals surface area contributed by atoms with Crippen molar-refractivity contribution in [2.24, 2.45) is 11.7 Å². The predicted octanol–water partition coefficient (Wildman–Crippen LogP) is 0.979. The second-order valence-corrected chi connectivity index (χ2v) is 4.94. The number of carbonyl (C=O) groups excluding carboxylic acids is 1. The van der Waals surface area contributed by atoms with Gasteiger partial charge >= 0.3 is 0 Å². The Balaban J connectivity index is 4.36. The van der Waals surface area contributed by atoms with Gasteiger partial charge in [0.15, 0.2) is 0 Å². The van der Waals surface area contributed by atoms with E-state index in [-0.39, 0.29) is 18.6 Å². The summed E-state index contributed by atoms with van der Waals surface area (Å²) in [6, 6.07) is -0.279. The standard InChI is InChI=1S/C12H26N2O2/c1-9(2)8-11(13)12(16)14(10(3)4)6-5-7-15/h9-11,15H,5-8,13H2,1-4H3/t11-/m0/s1. The maximum absolute atomic E-state index is 12.0. The van der Waals surface area contributed by atoms with Crippen LogP contribution in [0.5, 0.6) is 0 Å². The molecule has 0 aromatic rings. The van der Waals surface area contributed by atoms with E-state index in [0.29, 0.717) is 25.3 Å². The quantitative estimate of drug-likeness (QED) is 0.685. The molecule has 0 rings (SSSR count). The number of hydrogen-bond acceptors (Lipinski definition) is 3. The monoisotopic (exact) mass is 230 g/mol. The molecule has 3 N–H and O–H groups in total. The number of nitrogens with two attached hydrogens (primary N) is 1. The Morgan fingerprint density at radius 3 is 2.25 bits per heavy atom. The highest BCUT2D eigenvalue weighted by Gasteiger charge is 2.23. The minimum absolute atomic E-state index is 0.00264. The lowest BCUT2D eigenvalue weighted by molar-refractivity contribution is -0.134. The van der Waals surface area contributed by atoms with E-state index in [0.717, 1.165) is 0 Å². The van der Waals surface area contributed by atoms with Crippen molar-refractivity contribution in [3.05, 3.63) is 0 Å². The molecule has 0 aliphatic heterocycles. The first kappa shape index (κ1) is 15.4. The van der Waals surface area contributed by atoms with Gasteiger partial charge in [-0.3, -0.25) is 4.79 Å². The highest BCUT2D eigenvalue weighted by atomic mass is 16.3. The van der Waals surface area contributed by atoms with Crippen LogP contribution in [0.2, 0.25) is 0 Å². The fraction of sp³-hybridized carbons (Fsp3) is 0.917. The van der Waals surface area contributed by atoms with Crippen LogP contribution in [0, 0.1) is 5.92 Å². The van der Waals surface area contributed by atoms with Gasteiger partial charge in [0.05, 0.1) is 6.04 Å². The third-order valence-electron chi connectivity index (χ3n) is 2.51. The molecule has 4 heteroatoms. The number of carbonyl (C=O) groups is 1. The summed E-state index contributed by atoms with van der Waals surface area (Å²) >= 11 is 0. The van der Waals surface area contributed by atoms with Crippen molar-refractivity contribution >= 4 is 5.91 Å². The van der Waals surface area contributed by atoms with Crippen molar-refractivity contribution in [3.8, 4) is 0 Å². The molecule has 0 saturated carbocycles. The summed E-state index contributed by atoms with van der Waals surface area (Å²) in [5.74, 6) is 0.419. The summed E-state index contributed by atoms with van der Waals surface area (Å²) in [7, 11) is 0. The minimum Gasteiger partial charge on any atom is -0.396 e. The van der Waals surface area contributed by atoms with Crippen molar-refractivity contribution < 1.29 is 9.90 Å². The van der Waals surface area contributed by atoms with Crippen LogP contribution in [0.25, 0.3) is 0 Å². The highest BCUT2D eigenvalue weighted by Crippen LogP contribution is 2.09. The zero-order valence-electron chi connectivity index (χ0n) is 10.9. The Hall–Kier alpha value is -0.610. The molecule has 1 atom stereocenters. The first-order valence-corrected chi connectivity index (χ1v) is 6.07. The molecule has 0 fully saturated rings. The number of nitrogens with zero attached hydrogens (tertiary/aromatic N) is 1. The lowest BCUT2D eigenvalue weighted by Crippen LogP contribution is -2.48. The number of aliphatic hydroxyl groups excluding tert-OH is 1. The Morgan fingerprint density at radius 2 is 1.88 bits per heavy atom. The van der Waals surface area contributed by atoms with Crippen LogP contribution >= 0.6 is 0 Å². The van der Waals surface area contributed by atoms with Crippen LogP contribution in [0.3, 0.4) is 0 Å². The van der Waals surface area contributed by atoms with E-state index >= 15 is 0 Å². The van der Waals surface area contributed by atoms with E-state index in [1.165, 1.54) is 0 Å². The molecule has 0 aliphatic carbocycles. The van der Waals surface area contributed by atoms with Crippen LogP contribution in [0.15, 0.2) is 0 Å². The molecule has 0 bridgehead atoms. The fourth-order valence-electron chi connectivity index (χ4n) is 1.69. The van der Waals surface area contributed by atoms with E-state index in [1.807, 2.05) is 13.8 Å². The zero-order chi connectivity index (χ0) is 12.7. The van der Waals surface area contributed by atoms with Crippen LogP contribution < -0.4 is 5.73 Å². The average Bonchev–Trinajstić information content (AvgIpc) is 2.16. The first-order chi connectivity index (χ1) is 7.40. The normalized spacial score (nSPS) is 13.2. The molecule has 0 aromatic heterocycles. The van der Waals surface area contributed by atoms with Crippen LogP contribution in [-0.2, 0) is 4.79 Å². The molecule has 0 aromatic carbocycles. The molecule has 0 saturated heterocycles. The Bertz CT molecular complexity index is 205. The Morgan fingerprint density at radius 1 is 1.31 bits per heavy atom. The van der Waals surface area contributed by atoms with Gasteiger partial charge in [0.1, 0.15) is 0 Å². The number of aliphatic hydroxyl groups is 1. The van der Waals surface area contributed by atoms with E-state index in [4.69, 9.17) is 10.8 Å². The summed E-state index contributed by atoms with van der Waals surface area (Å²) in [5, 5.41) is 8.79. The van der Waals surface area contributed by atoms with Gasteiger partial charge in [-0.2, -0.15) is 0 Å². The van der Waals surface area contributed by atoms with Gasteiger partial charge in [0.2, 0.25) is 5.91 Å². The molecule has 0 radical (unpaired) electrons. The summed E-state index contributed by atoms with van der Waals surface area (Å²) in [6.45, 7) is 8.74. The van der Waals surface area contributed by atoms with Crippen molar-refractivity contribution in [3.63, 3.8) is 0 Å². The summed E-state index contributed by atoms with van der Waals surface area (Å²) < 4.78 is 0. The smallest absolute Gasteiger partial charge is 0.239 e. The lowest BCUT2D eigenvalue weighted by Gasteiger charge is -2.29. The van der Waals surface area contributed by atoms with Crippen molar-refractivity contribution in [2.45, 2.75) is 52.6 Å². The predicted molar refractivity (Wildman–Crippen MR) is 66.0 cm³/mol. The second kappa shape index (κ2) is 7.63. The molecule has 0 aliphatic rings. The largest absolute Gasteiger partial charge is 0.396 e. The molecule has 0 unspecified atom stereocenters. The topological polar surface area (TPSA) is 66.6 Å². The van der Waals surface area contributed by atoms with Crippen molar-refractivity contribution in [1.82, 2.24) is 4.90 Å². The highest BCUT2D eigenvalue weighted by molar-refractivity contribution is 5.81. The summed E-state index contributed by atoms with van der Waals surface area (Å²) in [4.78, 5) is 13.8. The number of amides is 1. The first-order valence-electron chi connectivity index (χ1n) is 6.07. The van der Waals surface area contributed by atoms with Gasteiger partial charge in [-0.15, -0.1) is 0 Å². The van der Waals surface area contributed by atoms with Gasteiger partial charge < -0.3 is 15.7 Å². The maximum Gasteiger partial charge on any atom is 0.239 e. The minimum atomic E-state index is -0.416. The van der Waals surface area contributed by atoms with Crippen LogP contribution in [-0.4, -0.2) is 41.1 Å². The SMILES string of the molecule is CC(C)C[C@H](N)C(=O)N(CCCO)C(C)C. The Labute approximate surface area is 98.8 Å². The average molecular weight is 230 g/mol. The van der Waals surface area contributed by atoms with Gasteiger partial charge in [-0.05, 0) is 32.6 Å². The van der Waals surface area contributed by atoms with Gasteiger partial charge in [0, 0.05) is 19.2 Å². The number of rotatable bonds is 7. The fourth-order valence-corrected chi connectivity index (χ4v) is 1.69. The van der Waals surface area contributed by atoms with E-state index in [1.54, 1.807) is 4.90 Å². The summed E-state index contributed by atoms with van der Waals surface area (Å²) in [5.41, 5.74) is 5.87. The second-order valence-electron chi connectivity index (χ2n) is 4.94. The molecule has 16 heavy (non-hydrogen) atoms. The van der Waals surface area contributed by atoms with Gasteiger partial charge in [-0.1, -0.05) is 13.8 Å². The lowest BCUT2D eigenvalue weighted by atomic mass is 10.0. The molecule has 1 amide bonds. The van der Waals surface area contributed by atoms with Gasteiger partial charge in [-0.25, -0.2) is 0 Å². The molecule has 0 heterocycles. The van der Waals surface area contributed by atoms with E-state index < -0.39 is 6.04 Å².